The number of nitro groups is 1. The molecule has 17 heavy (non-hydrogen) atoms. The van der Waals surface area contributed by atoms with Gasteiger partial charge in [0.05, 0.1) is 0 Å². The molecule has 94 valence electrons. The molecule has 0 unspecified atom stereocenters. The summed E-state index contributed by atoms with van der Waals surface area (Å²) >= 11 is 0. The third-order valence-electron chi connectivity index (χ3n) is 1.67. The van der Waals surface area contributed by atoms with Crippen LogP contribution in [0.3, 0.4) is 0 Å². The maximum absolute atomic E-state index is 12.4. The Hall–Kier alpha value is -2.13. The molecule has 10 heteroatoms. The Morgan fingerprint density at radius 1 is 1.47 bits per heavy atom. The molecule has 0 aliphatic rings. The molecule has 0 fully saturated rings. The minimum Gasteiger partial charge on any atom is -0.398 e. The monoisotopic (exact) mass is 256 g/mol. The van der Waals surface area contributed by atoms with Crippen molar-refractivity contribution in [3.8, 4) is 5.75 Å². The van der Waals surface area contributed by atoms with Gasteiger partial charge in [0.2, 0.25) is 11.2 Å². The van der Waals surface area contributed by atoms with Gasteiger partial charge in [-0.25, -0.2) is 9.37 Å². The van der Waals surface area contributed by atoms with E-state index in [1.807, 2.05) is 0 Å². The average molecular weight is 256 g/mol. The summed E-state index contributed by atoms with van der Waals surface area (Å²) in [6.07, 6.45) is -4.79. The van der Waals surface area contributed by atoms with E-state index in [0.717, 1.165) is 0 Å². The van der Waals surface area contributed by atoms with Gasteiger partial charge < -0.3 is 14.9 Å². The number of nitrogens with one attached hydrogen (secondary N) is 1. The van der Waals surface area contributed by atoms with Gasteiger partial charge in [0.25, 0.3) is 0 Å². The molecule has 0 bridgehead atoms. The number of H-pyrrole nitrogens is 1. The molecule has 6 nitrogen and oxygen atoms in total. The second kappa shape index (κ2) is 4.39. The number of halogens is 4. The van der Waals surface area contributed by atoms with Crippen molar-refractivity contribution in [1.82, 2.24) is 4.98 Å². The molecule has 0 spiro atoms. The van der Waals surface area contributed by atoms with Crippen molar-refractivity contribution in [2.24, 2.45) is 0 Å². The lowest BCUT2D eigenvalue weighted by atomic mass is 10.2. The van der Waals surface area contributed by atoms with E-state index in [2.05, 4.69) is 4.74 Å². The van der Waals surface area contributed by atoms with Crippen molar-refractivity contribution in [2.75, 3.05) is 0 Å². The molecule has 0 aliphatic carbocycles. The van der Waals surface area contributed by atoms with Crippen LogP contribution >= 0.6 is 0 Å². The zero-order chi connectivity index (χ0) is 13.2. The highest BCUT2D eigenvalue weighted by Crippen LogP contribution is 2.22. The van der Waals surface area contributed by atoms with Crippen molar-refractivity contribution in [1.29, 1.82) is 0 Å². The lowest BCUT2D eigenvalue weighted by Crippen LogP contribution is -2.24. The number of nitrogens with zero attached hydrogens (tertiary/aromatic N) is 1. The van der Waals surface area contributed by atoms with Crippen LogP contribution in [0.4, 0.5) is 23.4 Å². The summed E-state index contributed by atoms with van der Waals surface area (Å²) in [6.45, 7) is -1.58. The molecule has 0 radical (unpaired) electrons. The van der Waals surface area contributed by atoms with E-state index in [1.165, 1.54) is 0 Å². The molecule has 0 aromatic carbocycles. The van der Waals surface area contributed by atoms with Gasteiger partial charge in [-0.3, -0.25) is 4.79 Å². The van der Waals surface area contributed by atoms with Crippen molar-refractivity contribution in [3.05, 3.63) is 32.1 Å². The lowest BCUT2D eigenvalue weighted by Gasteiger charge is -2.07. The first-order valence-corrected chi connectivity index (χ1v) is 3.97. The highest BCUT2D eigenvalue weighted by molar-refractivity contribution is 5.37. The van der Waals surface area contributed by atoms with Gasteiger partial charge in [0.15, 0.2) is 0 Å². The summed E-state index contributed by atoms with van der Waals surface area (Å²) in [4.78, 5) is 22.2. The minimum absolute atomic E-state index is 0.354. The molecule has 0 atom stereocenters. The summed E-state index contributed by atoms with van der Waals surface area (Å²) in [5.74, 6) is -2.26. The molecular formula is C7H4F4N2O4. The molecule has 0 saturated carbocycles. The first kappa shape index (κ1) is 12.9. The zero-order valence-electron chi connectivity index (χ0n) is 7.88. The predicted octanol–water partition coefficient (Wildman–Crippen LogP) is 1.65. The van der Waals surface area contributed by atoms with E-state index in [0.29, 0.717) is 6.20 Å². The van der Waals surface area contributed by atoms with Crippen LogP contribution in [0.15, 0.2) is 11.0 Å². The van der Waals surface area contributed by atoms with Gasteiger partial charge in [-0.1, -0.05) is 0 Å². The second-order valence-electron chi connectivity index (χ2n) is 2.75. The quantitative estimate of drug-likeness (QED) is 0.506. The molecule has 1 rings (SSSR count). The third kappa shape index (κ3) is 2.92. The summed E-state index contributed by atoms with van der Waals surface area (Å²) < 4.78 is 51.1. The highest BCUT2D eigenvalue weighted by Gasteiger charge is 2.34. The van der Waals surface area contributed by atoms with E-state index in [-0.39, 0.29) is 0 Å². The van der Waals surface area contributed by atoms with Gasteiger partial charge in [-0.05, 0) is 4.92 Å². The minimum atomic E-state index is -5.14. The fourth-order valence-electron chi connectivity index (χ4n) is 1.03. The van der Waals surface area contributed by atoms with Crippen molar-refractivity contribution < 1.29 is 27.2 Å². The van der Waals surface area contributed by atoms with Crippen LogP contribution < -0.4 is 10.2 Å². The predicted molar refractivity (Wildman–Crippen MR) is 45.2 cm³/mol. The number of hydrogen-bond acceptors (Lipinski definition) is 4. The number of pyridine rings is 1. The van der Waals surface area contributed by atoms with Crippen LogP contribution in [0.5, 0.6) is 5.75 Å². The van der Waals surface area contributed by atoms with Gasteiger partial charge >= 0.3 is 12.2 Å². The Balaban J connectivity index is 3.31. The number of rotatable bonds is 3. The second-order valence-corrected chi connectivity index (χ2v) is 2.75. The SMILES string of the molecule is O=c1c(OC(F)(F)F)c[nH]c([N+](=O)[O-])c1CF. The Morgan fingerprint density at radius 2 is 2.06 bits per heavy atom. The molecule has 1 aromatic heterocycles. The van der Waals surface area contributed by atoms with Crippen molar-refractivity contribution in [2.45, 2.75) is 13.0 Å². The molecule has 0 saturated heterocycles. The first-order chi connectivity index (χ1) is 7.76. The summed E-state index contributed by atoms with van der Waals surface area (Å²) in [5, 5.41) is 10.3. The number of alkyl halides is 4. The normalized spacial score (nSPS) is 11.3. The van der Waals surface area contributed by atoms with Crippen LogP contribution in [0.2, 0.25) is 0 Å². The summed E-state index contributed by atoms with van der Waals surface area (Å²) in [6, 6.07) is 0. The lowest BCUT2D eigenvalue weighted by molar-refractivity contribution is -0.390. The van der Waals surface area contributed by atoms with Crippen molar-refractivity contribution in [3.63, 3.8) is 0 Å². The first-order valence-electron chi connectivity index (χ1n) is 3.97. The van der Waals surface area contributed by atoms with Crippen LogP contribution in [0.1, 0.15) is 5.56 Å². The number of hydrogen-bond donors (Lipinski definition) is 1. The molecule has 1 aromatic rings. The van der Waals surface area contributed by atoms with Gasteiger partial charge in [-0.15, -0.1) is 13.2 Å². The third-order valence-corrected chi connectivity index (χ3v) is 1.67. The Morgan fingerprint density at radius 3 is 2.47 bits per heavy atom. The molecule has 0 amide bonds. The van der Waals surface area contributed by atoms with E-state index >= 15 is 0 Å². The highest BCUT2D eigenvalue weighted by atomic mass is 19.4. The molecular weight excluding hydrogens is 252 g/mol. The van der Waals surface area contributed by atoms with Gasteiger partial charge in [0, 0.05) is 0 Å². The molecule has 0 aliphatic heterocycles. The van der Waals surface area contributed by atoms with Crippen molar-refractivity contribution >= 4 is 5.82 Å². The summed E-state index contributed by atoms with van der Waals surface area (Å²) in [7, 11) is 0. The van der Waals surface area contributed by atoms with E-state index in [4.69, 9.17) is 0 Å². The van der Waals surface area contributed by atoms with Gasteiger partial charge in [0.1, 0.15) is 18.4 Å². The summed E-state index contributed by atoms with van der Waals surface area (Å²) in [5.41, 5.74) is -2.55. The largest absolute Gasteiger partial charge is 0.573 e. The topological polar surface area (TPSA) is 85.2 Å². The fraction of sp³-hybridized carbons (Fsp3) is 0.286. The molecule has 1 heterocycles. The Bertz CT molecular complexity index is 496. The van der Waals surface area contributed by atoms with Crippen LogP contribution in [0, 0.1) is 10.1 Å². The molecule has 1 N–H and O–H groups in total. The average Bonchev–Trinajstić information content (AvgIpc) is 2.18. The van der Waals surface area contributed by atoms with Crippen LogP contribution in [-0.2, 0) is 6.67 Å². The smallest absolute Gasteiger partial charge is 0.398 e. The number of ether oxygens (including phenoxy) is 1. The van der Waals surface area contributed by atoms with E-state index in [9.17, 15) is 32.5 Å². The maximum Gasteiger partial charge on any atom is 0.573 e. The van der Waals surface area contributed by atoms with Crippen LogP contribution in [0.25, 0.3) is 0 Å². The Kier molecular flexibility index (Phi) is 3.34. The Labute approximate surface area is 90.0 Å². The number of aromatic amines is 1. The maximum atomic E-state index is 12.4. The standard InChI is InChI=1S/C7H4F4N2O4/c8-1-3-5(14)4(17-7(9,10)11)2-12-6(3)13(15)16/h2H,1H2,(H,12,14). The zero-order valence-corrected chi connectivity index (χ0v) is 7.88. The van der Waals surface area contributed by atoms with E-state index in [1.54, 1.807) is 4.98 Å². The van der Waals surface area contributed by atoms with Crippen LogP contribution in [-0.4, -0.2) is 16.3 Å². The number of aromatic nitrogens is 1. The van der Waals surface area contributed by atoms with E-state index < -0.39 is 40.5 Å². The van der Waals surface area contributed by atoms with Gasteiger partial charge in [-0.2, -0.15) is 0 Å². The fourth-order valence-corrected chi connectivity index (χ4v) is 1.03.